The molecular formula is C13H28N2O. The van der Waals surface area contributed by atoms with Crippen LogP contribution in [-0.4, -0.2) is 41.3 Å². The average Bonchev–Trinajstić information content (AvgIpc) is 2.43. The van der Waals surface area contributed by atoms with Crippen LogP contribution in [0.15, 0.2) is 0 Å². The Labute approximate surface area is 100 Å². The molecule has 16 heavy (non-hydrogen) atoms. The van der Waals surface area contributed by atoms with E-state index in [1.165, 1.54) is 0 Å². The summed E-state index contributed by atoms with van der Waals surface area (Å²) < 4.78 is 0. The third-order valence-electron chi connectivity index (χ3n) is 4.15. The van der Waals surface area contributed by atoms with Crippen molar-refractivity contribution in [3.8, 4) is 0 Å². The van der Waals surface area contributed by atoms with Crippen LogP contribution in [0.4, 0.5) is 0 Å². The lowest BCUT2D eigenvalue weighted by atomic mass is 9.80. The first-order valence-corrected chi connectivity index (χ1v) is 6.70. The normalized spacial score (nSPS) is 30.4. The number of likely N-dealkylation sites (tertiary alicyclic amines) is 1. The Morgan fingerprint density at radius 1 is 1.31 bits per heavy atom. The Morgan fingerprint density at radius 3 is 2.50 bits per heavy atom. The summed E-state index contributed by atoms with van der Waals surface area (Å²) in [5.74, 6) is 0.264. The van der Waals surface area contributed by atoms with Crippen LogP contribution in [0.5, 0.6) is 0 Å². The first-order chi connectivity index (χ1) is 7.53. The highest BCUT2D eigenvalue weighted by atomic mass is 16.3. The smallest absolute Gasteiger partial charge is 0.0700 e. The first-order valence-electron chi connectivity index (χ1n) is 6.70. The molecule has 0 aromatic heterocycles. The van der Waals surface area contributed by atoms with Gasteiger partial charge in [-0.2, -0.15) is 0 Å². The lowest BCUT2D eigenvalue weighted by molar-refractivity contribution is -0.0299. The fraction of sp³-hybridized carbons (Fsp3) is 1.00. The molecule has 0 aliphatic carbocycles. The summed E-state index contributed by atoms with van der Waals surface area (Å²) in [5, 5.41) is 10.7. The molecule has 2 unspecified atom stereocenters. The average molecular weight is 228 g/mol. The lowest BCUT2D eigenvalue weighted by Gasteiger charge is -2.34. The van der Waals surface area contributed by atoms with Gasteiger partial charge >= 0.3 is 0 Å². The van der Waals surface area contributed by atoms with Gasteiger partial charge in [0, 0.05) is 12.6 Å². The Hall–Kier alpha value is -0.120. The fourth-order valence-electron chi connectivity index (χ4n) is 2.85. The van der Waals surface area contributed by atoms with Gasteiger partial charge in [-0.25, -0.2) is 0 Å². The van der Waals surface area contributed by atoms with Crippen molar-refractivity contribution in [2.75, 3.05) is 19.6 Å². The van der Waals surface area contributed by atoms with E-state index in [1.54, 1.807) is 0 Å². The zero-order chi connectivity index (χ0) is 12.2. The van der Waals surface area contributed by atoms with Crippen LogP contribution in [0.1, 0.15) is 46.5 Å². The second-order valence-corrected chi connectivity index (χ2v) is 5.43. The largest absolute Gasteiger partial charge is 0.390 e. The van der Waals surface area contributed by atoms with Crippen molar-refractivity contribution in [1.29, 1.82) is 0 Å². The van der Waals surface area contributed by atoms with Gasteiger partial charge in [-0.1, -0.05) is 6.92 Å². The van der Waals surface area contributed by atoms with Crippen LogP contribution in [-0.2, 0) is 0 Å². The number of aliphatic hydroxyl groups is 1. The minimum Gasteiger partial charge on any atom is -0.390 e. The van der Waals surface area contributed by atoms with E-state index < -0.39 is 5.60 Å². The van der Waals surface area contributed by atoms with Crippen LogP contribution in [0.3, 0.4) is 0 Å². The maximum Gasteiger partial charge on any atom is 0.0700 e. The predicted molar refractivity (Wildman–Crippen MR) is 68.3 cm³/mol. The topological polar surface area (TPSA) is 49.5 Å². The molecular weight excluding hydrogens is 200 g/mol. The molecule has 3 heteroatoms. The second-order valence-electron chi connectivity index (χ2n) is 5.43. The van der Waals surface area contributed by atoms with E-state index in [0.717, 1.165) is 38.8 Å². The highest BCUT2D eigenvalue weighted by molar-refractivity contribution is 4.90. The van der Waals surface area contributed by atoms with E-state index in [2.05, 4.69) is 25.7 Å². The van der Waals surface area contributed by atoms with Gasteiger partial charge in [0.15, 0.2) is 0 Å². The van der Waals surface area contributed by atoms with Gasteiger partial charge in [0.25, 0.3) is 0 Å². The third kappa shape index (κ3) is 3.19. The third-order valence-corrected chi connectivity index (χ3v) is 4.15. The quantitative estimate of drug-likeness (QED) is 0.768. The van der Waals surface area contributed by atoms with Gasteiger partial charge in [-0.05, 0) is 58.5 Å². The van der Waals surface area contributed by atoms with Crippen molar-refractivity contribution >= 4 is 0 Å². The Morgan fingerprint density at radius 2 is 2.00 bits per heavy atom. The second kappa shape index (κ2) is 5.99. The van der Waals surface area contributed by atoms with Crippen LogP contribution < -0.4 is 5.73 Å². The number of rotatable bonds is 4. The zero-order valence-corrected chi connectivity index (χ0v) is 11.1. The molecule has 0 spiro atoms. The molecule has 1 heterocycles. The van der Waals surface area contributed by atoms with Crippen LogP contribution >= 0.6 is 0 Å². The minimum atomic E-state index is -0.521. The maximum absolute atomic E-state index is 10.7. The van der Waals surface area contributed by atoms with E-state index in [0.29, 0.717) is 12.6 Å². The highest BCUT2D eigenvalue weighted by Crippen LogP contribution is 2.31. The lowest BCUT2D eigenvalue weighted by Crippen LogP contribution is -2.43. The molecule has 0 aromatic carbocycles. The van der Waals surface area contributed by atoms with Gasteiger partial charge < -0.3 is 15.7 Å². The maximum atomic E-state index is 10.7. The standard InChI is InChI=1S/C13H28N2O/c1-4-12(10-14)13(16)6-5-8-15(9-7-13)11(2)3/h11-12,16H,4-10,14H2,1-3H3. The summed E-state index contributed by atoms with van der Waals surface area (Å²) in [5.41, 5.74) is 5.25. The molecule has 1 aliphatic rings. The number of nitrogens with zero attached hydrogens (tertiary/aromatic N) is 1. The molecule has 2 atom stereocenters. The summed E-state index contributed by atoms with van der Waals surface area (Å²) >= 11 is 0. The molecule has 1 fully saturated rings. The molecule has 0 saturated carbocycles. The SMILES string of the molecule is CCC(CN)C1(O)CCCN(C(C)C)CC1. The van der Waals surface area contributed by atoms with Crippen molar-refractivity contribution in [3.63, 3.8) is 0 Å². The monoisotopic (exact) mass is 228 g/mol. The summed E-state index contributed by atoms with van der Waals surface area (Å²) in [6, 6.07) is 0.584. The van der Waals surface area contributed by atoms with Crippen molar-refractivity contribution in [3.05, 3.63) is 0 Å². The molecule has 1 aliphatic heterocycles. The van der Waals surface area contributed by atoms with Crippen LogP contribution in [0, 0.1) is 5.92 Å². The number of hydrogen-bond acceptors (Lipinski definition) is 3. The summed E-state index contributed by atoms with van der Waals surface area (Å²) in [6.07, 6.45) is 3.85. The summed E-state index contributed by atoms with van der Waals surface area (Å²) in [4.78, 5) is 2.46. The number of hydrogen-bond donors (Lipinski definition) is 2. The van der Waals surface area contributed by atoms with Crippen molar-refractivity contribution in [1.82, 2.24) is 4.90 Å². The molecule has 0 radical (unpaired) electrons. The van der Waals surface area contributed by atoms with E-state index >= 15 is 0 Å². The highest BCUT2D eigenvalue weighted by Gasteiger charge is 2.36. The molecule has 0 amide bonds. The summed E-state index contributed by atoms with van der Waals surface area (Å²) in [7, 11) is 0. The van der Waals surface area contributed by atoms with E-state index in [1.807, 2.05) is 0 Å². The summed E-state index contributed by atoms with van der Waals surface area (Å²) in [6.45, 7) is 9.30. The number of nitrogens with two attached hydrogens (primary N) is 1. The van der Waals surface area contributed by atoms with Crippen LogP contribution in [0.2, 0.25) is 0 Å². The Balaban J connectivity index is 2.63. The predicted octanol–water partition coefficient (Wildman–Crippen LogP) is 1.60. The van der Waals surface area contributed by atoms with E-state index in [9.17, 15) is 5.11 Å². The van der Waals surface area contributed by atoms with Crippen molar-refractivity contribution in [2.45, 2.75) is 58.1 Å². The Bertz CT molecular complexity index is 204. The van der Waals surface area contributed by atoms with Crippen LogP contribution in [0.25, 0.3) is 0 Å². The van der Waals surface area contributed by atoms with Gasteiger partial charge in [0.1, 0.15) is 0 Å². The molecule has 3 N–H and O–H groups in total. The molecule has 1 saturated heterocycles. The van der Waals surface area contributed by atoms with E-state index in [4.69, 9.17) is 5.73 Å². The van der Waals surface area contributed by atoms with Crippen molar-refractivity contribution < 1.29 is 5.11 Å². The van der Waals surface area contributed by atoms with Crippen molar-refractivity contribution in [2.24, 2.45) is 11.7 Å². The zero-order valence-electron chi connectivity index (χ0n) is 11.1. The fourth-order valence-corrected chi connectivity index (χ4v) is 2.85. The first kappa shape index (κ1) is 13.9. The van der Waals surface area contributed by atoms with Gasteiger partial charge in [0.2, 0.25) is 0 Å². The molecule has 96 valence electrons. The van der Waals surface area contributed by atoms with E-state index in [-0.39, 0.29) is 5.92 Å². The molecule has 0 bridgehead atoms. The van der Waals surface area contributed by atoms with Gasteiger partial charge in [-0.15, -0.1) is 0 Å². The van der Waals surface area contributed by atoms with Gasteiger partial charge in [0.05, 0.1) is 5.60 Å². The molecule has 3 nitrogen and oxygen atoms in total. The molecule has 1 rings (SSSR count). The minimum absolute atomic E-state index is 0.264. The Kier molecular flexibility index (Phi) is 5.22. The molecule has 0 aromatic rings. The van der Waals surface area contributed by atoms with Gasteiger partial charge in [-0.3, -0.25) is 0 Å².